The van der Waals surface area contributed by atoms with E-state index < -0.39 is 11.8 Å². The summed E-state index contributed by atoms with van der Waals surface area (Å²) in [6, 6.07) is 40.6. The molecule has 6 aromatic carbocycles. The van der Waals surface area contributed by atoms with Crippen molar-refractivity contribution in [2.75, 3.05) is 0 Å². The molecule has 8 rings (SSSR count). The van der Waals surface area contributed by atoms with E-state index in [1.807, 2.05) is 39.0 Å². The number of rotatable bonds is 7. The highest BCUT2D eigenvalue weighted by atomic mass is 16.3. The topological polar surface area (TPSA) is 50.9 Å². The zero-order valence-corrected chi connectivity index (χ0v) is 42.3. The van der Waals surface area contributed by atoms with Crippen molar-refractivity contribution in [1.82, 2.24) is 14.5 Å². The third kappa shape index (κ3) is 9.91. The van der Waals surface area contributed by atoms with Crippen molar-refractivity contribution in [2.24, 2.45) is 5.41 Å². The summed E-state index contributed by atoms with van der Waals surface area (Å²) in [6.07, 6.45) is -1.88. The molecule has 0 spiro atoms. The van der Waals surface area contributed by atoms with E-state index in [0.717, 1.165) is 55.7 Å². The summed E-state index contributed by atoms with van der Waals surface area (Å²) in [5, 5.41) is 12.6. The van der Waals surface area contributed by atoms with E-state index in [4.69, 9.17) is 10.5 Å². The molecule has 0 aliphatic carbocycles. The van der Waals surface area contributed by atoms with Crippen molar-refractivity contribution in [1.29, 1.82) is 0 Å². The number of hydrogen-bond donors (Lipinski definition) is 1. The van der Waals surface area contributed by atoms with Crippen molar-refractivity contribution in [3.8, 4) is 67.5 Å². The highest BCUT2D eigenvalue weighted by Gasteiger charge is 2.30. The number of para-hydroxylation sites is 1. The molecule has 0 radical (unpaired) electrons. The van der Waals surface area contributed by atoms with Crippen LogP contribution >= 0.6 is 0 Å². The lowest BCUT2D eigenvalue weighted by molar-refractivity contribution is 0.411. The molecule has 0 bridgehead atoms. The van der Waals surface area contributed by atoms with Gasteiger partial charge < -0.3 is 5.11 Å². The van der Waals surface area contributed by atoms with E-state index in [-0.39, 0.29) is 56.9 Å². The normalized spacial score (nSPS) is 14.1. The van der Waals surface area contributed by atoms with E-state index in [1.165, 1.54) is 5.56 Å². The Morgan fingerprint density at radius 3 is 1.79 bits per heavy atom. The van der Waals surface area contributed by atoms with Crippen molar-refractivity contribution in [3.63, 3.8) is 0 Å². The number of nitrogens with zero attached hydrogens (tertiary/aromatic N) is 3. The Morgan fingerprint density at radius 1 is 0.537 bits per heavy atom. The molecule has 4 heteroatoms. The molecule has 4 nitrogen and oxygen atoms in total. The predicted molar refractivity (Wildman–Crippen MR) is 286 cm³/mol. The first-order chi connectivity index (χ1) is 33.3. The molecule has 0 unspecified atom stereocenters. The second kappa shape index (κ2) is 17.1. The average Bonchev–Trinajstić information content (AvgIpc) is 3.68. The van der Waals surface area contributed by atoms with Gasteiger partial charge in [-0.3, -0.25) is 9.55 Å². The maximum Gasteiger partial charge on any atom is 0.149 e. The first-order valence-electron chi connectivity index (χ1n) is 26.1. The van der Waals surface area contributed by atoms with Gasteiger partial charge in [-0.1, -0.05) is 189 Å². The van der Waals surface area contributed by atoms with Crippen LogP contribution in [-0.4, -0.2) is 19.6 Å². The Morgan fingerprint density at radius 2 is 1.16 bits per heavy atom. The van der Waals surface area contributed by atoms with Crippen LogP contribution in [0, 0.1) is 5.41 Å². The fourth-order valence-corrected chi connectivity index (χ4v) is 8.72. The quantitative estimate of drug-likeness (QED) is 0.173. The third-order valence-electron chi connectivity index (χ3n) is 12.6. The number of benzene rings is 6. The minimum absolute atomic E-state index is 0.0142. The Bertz CT molecular complexity index is 3370. The molecule has 2 aromatic heterocycles. The summed E-state index contributed by atoms with van der Waals surface area (Å²) in [4.78, 5) is 10.3. The molecule has 344 valence electrons. The van der Waals surface area contributed by atoms with E-state index in [2.05, 4.69) is 171 Å². The molecule has 8 aromatic rings. The summed E-state index contributed by atoms with van der Waals surface area (Å²) in [6.45, 7) is 31.7. The van der Waals surface area contributed by atoms with Crippen LogP contribution < -0.4 is 0 Å². The lowest BCUT2D eigenvalue weighted by Gasteiger charge is -2.28. The first-order valence-corrected chi connectivity index (χ1v) is 23.6. The monoisotopic (exact) mass is 891 g/mol. The minimum atomic E-state index is -1.63. The van der Waals surface area contributed by atoms with E-state index in [0.29, 0.717) is 28.1 Å². The molecular weight excluding hydrogens is 815 g/mol. The number of hydrogen-bond acceptors (Lipinski definition) is 3. The van der Waals surface area contributed by atoms with Gasteiger partial charge in [-0.05, 0) is 126 Å². The Balaban J connectivity index is 1.44. The molecule has 0 saturated carbocycles. The summed E-state index contributed by atoms with van der Waals surface area (Å²) < 4.78 is 47.6. The van der Waals surface area contributed by atoms with Gasteiger partial charge in [-0.15, -0.1) is 0 Å². The average molecular weight is 891 g/mol. The van der Waals surface area contributed by atoms with Crippen molar-refractivity contribution >= 4 is 11.0 Å². The molecule has 0 atom stereocenters. The van der Waals surface area contributed by atoms with Crippen molar-refractivity contribution in [3.05, 3.63) is 167 Å². The molecule has 0 amide bonds. The zero-order chi connectivity index (χ0) is 52.8. The summed E-state index contributed by atoms with van der Waals surface area (Å²) in [5.74, 6) is 0.792. The minimum Gasteiger partial charge on any atom is -0.507 e. The fourth-order valence-electron chi connectivity index (χ4n) is 8.72. The molecule has 1 N–H and O–H groups in total. The predicted octanol–water partition coefficient (Wildman–Crippen LogP) is 17.2. The first kappa shape index (κ1) is 41.0. The molecule has 67 heavy (non-hydrogen) atoms. The lowest BCUT2D eigenvalue weighted by atomic mass is 9.79. The summed E-state index contributed by atoms with van der Waals surface area (Å²) in [7, 11) is 0. The molecule has 0 saturated heterocycles. The maximum absolute atomic E-state index is 12.6. The molecule has 0 aliphatic rings. The van der Waals surface area contributed by atoms with Gasteiger partial charge in [0, 0.05) is 31.2 Å². The molecular formula is C63H71N3O. The number of phenolic OH excluding ortho intramolecular Hbond substituents is 1. The number of pyridine rings is 1. The molecule has 2 heterocycles. The summed E-state index contributed by atoms with van der Waals surface area (Å²) >= 11 is 0. The van der Waals surface area contributed by atoms with Gasteiger partial charge >= 0.3 is 0 Å². The number of aromatic nitrogens is 3. The number of imidazole rings is 1. The van der Waals surface area contributed by atoms with Gasteiger partial charge in [0.25, 0.3) is 0 Å². The van der Waals surface area contributed by atoms with Gasteiger partial charge in [0.1, 0.15) is 11.6 Å². The van der Waals surface area contributed by atoms with Crippen LogP contribution in [0.2, 0.25) is 0 Å². The maximum atomic E-state index is 12.6. The molecule has 0 fully saturated rings. The van der Waals surface area contributed by atoms with Crippen LogP contribution in [0.15, 0.2) is 140 Å². The molecule has 0 aliphatic heterocycles. The Kier molecular flexibility index (Phi) is 10.5. The fraction of sp³-hybridized carbons (Fsp3) is 0.333. The van der Waals surface area contributed by atoms with Gasteiger partial charge in [-0.2, -0.15) is 0 Å². The van der Waals surface area contributed by atoms with Crippen LogP contribution in [0.3, 0.4) is 0 Å². The van der Waals surface area contributed by atoms with Crippen molar-refractivity contribution < 1.29 is 12.0 Å². The SMILES string of the molecule is [2H]c1nc(-c2cc(-c3cccc4c3nc(-c3cc(C(C)(C)C)cc(C(C)(C)C)c3O)n4-c3ccc(C(C)(C)C)cc3-c3ccccc3)cc(C(C)(C)C)c2)c([2H])c(-c2ccc(C([2H])([2H])C(C)(C)C)cc2)c1[2H]. The summed E-state index contributed by atoms with van der Waals surface area (Å²) in [5.41, 5.74) is 11.4. The highest BCUT2D eigenvalue weighted by Crippen LogP contribution is 2.46. The van der Waals surface area contributed by atoms with Crippen LogP contribution in [-0.2, 0) is 28.0 Å². The van der Waals surface area contributed by atoms with Crippen LogP contribution in [0.25, 0.3) is 72.7 Å². The van der Waals surface area contributed by atoms with Crippen LogP contribution in [0.4, 0.5) is 0 Å². The second-order valence-electron chi connectivity index (χ2n) is 23.4. The van der Waals surface area contributed by atoms with E-state index in [1.54, 1.807) is 24.3 Å². The largest absolute Gasteiger partial charge is 0.507 e. The number of fused-ring (bicyclic) bond motifs is 1. The standard InChI is InChI=1S/C63H71N3O/c1-59(2,3)39-40-24-26-41(27-25-40)43-30-31-64-53(35-43)45-32-44(33-47(34-45)61(7,8)9)49-22-19-23-55-56(49)65-58(51-37-48(62(10,11)12)38-52(57(51)67)63(13,14)15)66(55)54-29-28-46(60(4,5)6)36-50(54)42-20-17-16-18-21-42/h16-38,67H,39H2,1-15H3/i30D,31D,35D,39D2. The van der Waals surface area contributed by atoms with Crippen molar-refractivity contribution in [2.45, 2.75) is 132 Å². The second-order valence-corrected chi connectivity index (χ2v) is 23.4. The van der Waals surface area contributed by atoms with Gasteiger partial charge in [0.05, 0.1) is 32.1 Å². The van der Waals surface area contributed by atoms with Gasteiger partial charge in [0.15, 0.2) is 0 Å². The smallest absolute Gasteiger partial charge is 0.149 e. The van der Waals surface area contributed by atoms with Gasteiger partial charge in [0.2, 0.25) is 0 Å². The number of aromatic hydroxyl groups is 1. The van der Waals surface area contributed by atoms with Gasteiger partial charge in [-0.25, -0.2) is 4.98 Å². The van der Waals surface area contributed by atoms with E-state index >= 15 is 0 Å². The zero-order valence-electron chi connectivity index (χ0n) is 47.3. The lowest BCUT2D eigenvalue weighted by Crippen LogP contribution is -2.17. The Labute approximate surface area is 408 Å². The number of phenols is 1. The Hall–Kier alpha value is -6.26. The highest BCUT2D eigenvalue weighted by molar-refractivity contribution is 5.98. The third-order valence-corrected chi connectivity index (χ3v) is 12.6. The van der Waals surface area contributed by atoms with Crippen LogP contribution in [0.1, 0.15) is 139 Å². The van der Waals surface area contributed by atoms with Crippen LogP contribution in [0.5, 0.6) is 5.75 Å². The van der Waals surface area contributed by atoms with E-state index in [9.17, 15) is 6.48 Å².